The zero-order valence-corrected chi connectivity index (χ0v) is 28.8. The Bertz CT molecular complexity index is 1560. The second-order valence-electron chi connectivity index (χ2n) is 12.1. The van der Waals surface area contributed by atoms with Crippen molar-refractivity contribution in [2.45, 2.75) is 85.6 Å². The molecule has 3 aromatic carbocycles. The van der Waals surface area contributed by atoms with Crippen LogP contribution in [-0.4, -0.2) is 43.6 Å². The van der Waals surface area contributed by atoms with Gasteiger partial charge in [0.25, 0.3) is 0 Å². The van der Waals surface area contributed by atoms with Crippen LogP contribution in [0.4, 0.5) is 5.69 Å². The third-order valence-corrected chi connectivity index (χ3v) is 8.07. The van der Waals surface area contributed by atoms with E-state index in [0.717, 1.165) is 90.7 Å². The van der Waals surface area contributed by atoms with Gasteiger partial charge in [0.1, 0.15) is 5.78 Å². The Morgan fingerprint density at radius 2 is 1.33 bits per heavy atom. The van der Waals surface area contributed by atoms with E-state index in [1.807, 2.05) is 24.7 Å². The normalized spacial score (nSPS) is 11.0. The van der Waals surface area contributed by atoms with Crippen LogP contribution in [0.3, 0.4) is 0 Å². The number of hydrogen-bond acceptors (Lipinski definition) is 5. The lowest BCUT2D eigenvalue weighted by Gasteiger charge is -2.19. The van der Waals surface area contributed by atoms with Crippen LogP contribution in [0.25, 0.3) is 33.3 Å². The van der Waals surface area contributed by atoms with Gasteiger partial charge in [0.05, 0.1) is 12.2 Å². The van der Waals surface area contributed by atoms with E-state index in [1.54, 1.807) is 19.1 Å². The number of Topliss-reactive ketones (excluding diaryl/α,β-unsaturated/α-hetero) is 1. The molecular formula is C39H51N3O4. The first-order valence-corrected chi connectivity index (χ1v) is 16.7. The molecule has 7 heteroatoms. The van der Waals surface area contributed by atoms with Gasteiger partial charge in [0.15, 0.2) is 0 Å². The standard InChI is InChI=1S/C33H37N3O3.C6H14O/c1-6-8-25(9-7-2)31-29-19-16-27(33(38)34-39)20-30(29)36(21-22(3)37)32(31)26-12-10-23(11-13-26)24-14-17-28(18-15-24)35(4)5;1-3-5-7-6-4-2/h10-20,25H,6-9,21H2,1-5H3;3-6H2,1-2H3. The van der Waals surface area contributed by atoms with Crippen LogP contribution < -0.4 is 4.90 Å². The van der Waals surface area contributed by atoms with Crippen LogP contribution in [0, 0.1) is 4.91 Å². The molecule has 7 nitrogen and oxygen atoms in total. The van der Waals surface area contributed by atoms with Crippen molar-refractivity contribution < 1.29 is 14.3 Å². The van der Waals surface area contributed by atoms with Crippen molar-refractivity contribution in [3.05, 3.63) is 82.8 Å². The highest BCUT2D eigenvalue weighted by atomic mass is 16.5. The largest absolute Gasteiger partial charge is 0.381 e. The Labute approximate surface area is 274 Å². The van der Waals surface area contributed by atoms with Crippen molar-refractivity contribution in [2.75, 3.05) is 32.2 Å². The molecule has 0 atom stereocenters. The maximum absolute atomic E-state index is 12.5. The highest BCUT2D eigenvalue weighted by molar-refractivity contribution is 6.01. The minimum absolute atomic E-state index is 0.0186. The number of benzene rings is 3. The number of hydrogen-bond donors (Lipinski definition) is 0. The van der Waals surface area contributed by atoms with Crippen molar-refractivity contribution in [2.24, 2.45) is 5.18 Å². The quantitative estimate of drug-likeness (QED) is 0.0970. The Kier molecular flexibility index (Phi) is 14.3. The van der Waals surface area contributed by atoms with E-state index in [1.165, 1.54) is 5.56 Å². The number of aromatic nitrogens is 1. The number of anilines is 1. The Hall–Kier alpha value is -4.10. The zero-order chi connectivity index (χ0) is 33.6. The van der Waals surface area contributed by atoms with Crippen molar-refractivity contribution >= 4 is 28.3 Å². The number of amides is 1. The minimum Gasteiger partial charge on any atom is -0.381 e. The summed E-state index contributed by atoms with van der Waals surface area (Å²) in [6.07, 6.45) is 6.40. The van der Waals surface area contributed by atoms with Gasteiger partial charge in [-0.2, -0.15) is 0 Å². The van der Waals surface area contributed by atoms with Gasteiger partial charge in [-0.25, -0.2) is 0 Å². The van der Waals surface area contributed by atoms with Gasteiger partial charge in [-0.3, -0.25) is 9.59 Å². The fourth-order valence-corrected chi connectivity index (χ4v) is 5.97. The van der Waals surface area contributed by atoms with Crippen LogP contribution in [0.1, 0.15) is 95.0 Å². The molecule has 0 aliphatic heterocycles. The highest BCUT2D eigenvalue weighted by Gasteiger charge is 2.26. The number of nitrogens with zero attached hydrogens (tertiary/aromatic N) is 3. The first-order chi connectivity index (χ1) is 22.2. The van der Waals surface area contributed by atoms with E-state index in [2.05, 4.69) is 86.3 Å². The smallest absolute Gasteiger partial charge is 0.316 e. The van der Waals surface area contributed by atoms with Gasteiger partial charge >= 0.3 is 5.91 Å². The van der Waals surface area contributed by atoms with Crippen molar-refractivity contribution in [3.63, 3.8) is 0 Å². The summed E-state index contributed by atoms with van der Waals surface area (Å²) in [6.45, 7) is 12.2. The molecule has 1 aromatic heterocycles. The minimum atomic E-state index is -0.807. The van der Waals surface area contributed by atoms with E-state index in [9.17, 15) is 14.5 Å². The Morgan fingerprint density at radius 3 is 1.80 bits per heavy atom. The first kappa shape index (κ1) is 36.4. The molecule has 0 saturated heterocycles. The van der Waals surface area contributed by atoms with Crippen molar-refractivity contribution in [3.8, 4) is 22.4 Å². The number of carbonyl (C=O) groups is 2. The van der Waals surface area contributed by atoms with Crippen molar-refractivity contribution in [1.29, 1.82) is 0 Å². The van der Waals surface area contributed by atoms with E-state index >= 15 is 0 Å². The number of ether oxygens (including phenoxy) is 1. The van der Waals surface area contributed by atoms with E-state index < -0.39 is 5.91 Å². The molecule has 1 heterocycles. The van der Waals surface area contributed by atoms with Crippen LogP contribution >= 0.6 is 0 Å². The van der Waals surface area contributed by atoms with Gasteiger partial charge < -0.3 is 14.2 Å². The number of nitroso groups, excluding NO2 is 1. The molecule has 0 radical (unpaired) electrons. The summed E-state index contributed by atoms with van der Waals surface area (Å²) in [7, 11) is 4.06. The summed E-state index contributed by atoms with van der Waals surface area (Å²) < 4.78 is 7.15. The molecule has 4 aromatic rings. The van der Waals surface area contributed by atoms with Crippen LogP contribution in [-0.2, 0) is 16.1 Å². The Morgan fingerprint density at radius 1 is 0.783 bits per heavy atom. The summed E-state index contributed by atoms with van der Waals surface area (Å²) in [4.78, 5) is 37.8. The van der Waals surface area contributed by atoms with Crippen LogP contribution in [0.15, 0.2) is 71.9 Å². The fourth-order valence-electron chi connectivity index (χ4n) is 5.97. The maximum Gasteiger partial charge on any atom is 0.316 e. The van der Waals surface area contributed by atoms with Gasteiger partial charge in [0, 0.05) is 54.6 Å². The molecule has 246 valence electrons. The molecular weight excluding hydrogens is 574 g/mol. The summed E-state index contributed by atoms with van der Waals surface area (Å²) >= 11 is 0. The molecule has 4 rings (SSSR count). The molecule has 0 bridgehead atoms. The zero-order valence-electron chi connectivity index (χ0n) is 28.8. The highest BCUT2D eigenvalue weighted by Crippen LogP contribution is 2.43. The van der Waals surface area contributed by atoms with E-state index in [-0.39, 0.29) is 17.9 Å². The van der Waals surface area contributed by atoms with E-state index in [0.29, 0.717) is 5.92 Å². The molecule has 1 amide bonds. The molecule has 0 aliphatic rings. The third-order valence-electron chi connectivity index (χ3n) is 8.07. The summed E-state index contributed by atoms with van der Waals surface area (Å²) in [5, 5.41) is 3.64. The molecule has 0 fully saturated rings. The van der Waals surface area contributed by atoms with Crippen LogP contribution in [0.5, 0.6) is 0 Å². The molecule has 0 spiro atoms. The number of ketones is 1. The summed E-state index contributed by atoms with van der Waals surface area (Å²) in [6, 6.07) is 22.3. The van der Waals surface area contributed by atoms with Crippen LogP contribution in [0.2, 0.25) is 0 Å². The lowest BCUT2D eigenvalue weighted by atomic mass is 9.86. The number of rotatable bonds is 15. The second kappa shape index (κ2) is 18.1. The molecule has 0 aliphatic carbocycles. The van der Waals surface area contributed by atoms with E-state index in [4.69, 9.17) is 4.74 Å². The van der Waals surface area contributed by atoms with Gasteiger partial charge in [-0.15, -0.1) is 4.91 Å². The third kappa shape index (κ3) is 9.23. The summed E-state index contributed by atoms with van der Waals surface area (Å²) in [5.74, 6) is -0.487. The molecule has 0 unspecified atom stereocenters. The lowest BCUT2D eigenvalue weighted by Crippen LogP contribution is -2.09. The topological polar surface area (TPSA) is 81.0 Å². The van der Waals surface area contributed by atoms with Gasteiger partial charge in [-0.05, 0) is 85.0 Å². The lowest BCUT2D eigenvalue weighted by molar-refractivity contribution is -0.117. The fraction of sp³-hybridized carbons (Fsp3) is 0.436. The Balaban J connectivity index is 0.000000738. The monoisotopic (exact) mass is 625 g/mol. The molecule has 0 N–H and O–H groups in total. The SMILES string of the molecule is CCCC(CCC)c1c(-c2ccc(-c3ccc(N(C)C)cc3)cc2)n(CC(C)=O)c2cc(C(=O)N=O)ccc12.CCCOCCC. The second-order valence-corrected chi connectivity index (χ2v) is 12.1. The van der Waals surface area contributed by atoms with Crippen molar-refractivity contribution in [1.82, 2.24) is 4.57 Å². The molecule has 0 saturated carbocycles. The van der Waals surface area contributed by atoms with Gasteiger partial charge in [-0.1, -0.05) is 83.0 Å². The maximum atomic E-state index is 12.5. The average molecular weight is 626 g/mol. The predicted octanol–water partition coefficient (Wildman–Crippen LogP) is 10.0. The molecule has 46 heavy (non-hydrogen) atoms. The number of fused-ring (bicyclic) bond motifs is 1. The average Bonchev–Trinajstić information content (AvgIpc) is 3.37. The number of carbonyl (C=O) groups excluding carboxylic acids is 2. The first-order valence-electron chi connectivity index (χ1n) is 16.7. The van der Waals surface area contributed by atoms with Gasteiger partial charge in [0.2, 0.25) is 0 Å². The summed E-state index contributed by atoms with van der Waals surface area (Å²) in [5.41, 5.74) is 7.65. The predicted molar refractivity (Wildman–Crippen MR) is 192 cm³/mol.